The third kappa shape index (κ3) is 3.52. The van der Waals surface area contributed by atoms with Crippen LogP contribution < -0.4 is 5.32 Å². The molecule has 0 saturated carbocycles. The van der Waals surface area contributed by atoms with Crippen LogP contribution in [0, 0.1) is 0 Å². The highest BCUT2D eigenvalue weighted by Gasteiger charge is 2.21. The van der Waals surface area contributed by atoms with Crippen LogP contribution in [0.1, 0.15) is 30.3 Å². The molecule has 0 bridgehead atoms. The first kappa shape index (κ1) is 14.3. The number of fused-ring (bicyclic) bond motifs is 1. The maximum Gasteiger partial charge on any atom is 0.120 e. The molecule has 0 amide bonds. The number of nitrogens with one attached hydrogen (secondary N) is 2. The number of hydrogen-bond acceptors (Lipinski definition) is 3. The molecule has 4 nitrogen and oxygen atoms in total. The van der Waals surface area contributed by atoms with E-state index in [1.54, 1.807) is 6.20 Å². The van der Waals surface area contributed by atoms with Gasteiger partial charge in [0.2, 0.25) is 0 Å². The monoisotopic (exact) mass is 284 g/mol. The van der Waals surface area contributed by atoms with Crippen LogP contribution in [0.25, 0.3) is 0 Å². The molecule has 2 aromatic rings. The van der Waals surface area contributed by atoms with Gasteiger partial charge in [-0.3, -0.25) is 4.90 Å². The summed E-state index contributed by atoms with van der Waals surface area (Å²) in [6.07, 6.45) is 6.02. The van der Waals surface area contributed by atoms with E-state index < -0.39 is 0 Å². The van der Waals surface area contributed by atoms with Gasteiger partial charge in [-0.2, -0.15) is 0 Å². The Balaban J connectivity index is 1.54. The van der Waals surface area contributed by atoms with Crippen molar-refractivity contribution < 1.29 is 0 Å². The van der Waals surface area contributed by atoms with Crippen LogP contribution in [0.15, 0.2) is 36.7 Å². The number of benzene rings is 1. The van der Waals surface area contributed by atoms with Crippen molar-refractivity contribution in [3.05, 3.63) is 53.6 Å². The zero-order valence-electron chi connectivity index (χ0n) is 12.7. The second-order valence-corrected chi connectivity index (χ2v) is 5.72. The van der Waals surface area contributed by atoms with Crippen LogP contribution in [0.3, 0.4) is 0 Å². The number of rotatable bonds is 6. The third-order valence-corrected chi connectivity index (χ3v) is 4.38. The fourth-order valence-corrected chi connectivity index (χ4v) is 3.11. The Morgan fingerprint density at radius 3 is 2.95 bits per heavy atom. The van der Waals surface area contributed by atoms with Crippen molar-refractivity contribution in [1.82, 2.24) is 20.2 Å². The summed E-state index contributed by atoms with van der Waals surface area (Å²) in [5, 5.41) is 3.52. The van der Waals surface area contributed by atoms with Gasteiger partial charge in [-0.05, 0) is 24.0 Å². The van der Waals surface area contributed by atoms with Gasteiger partial charge in [0.25, 0.3) is 0 Å². The Morgan fingerprint density at radius 2 is 2.19 bits per heavy atom. The summed E-state index contributed by atoms with van der Waals surface area (Å²) in [4.78, 5) is 9.99. The Labute approximate surface area is 126 Å². The van der Waals surface area contributed by atoms with Gasteiger partial charge in [-0.25, -0.2) is 4.98 Å². The Bertz CT molecular complexity index is 550. The van der Waals surface area contributed by atoms with Crippen LogP contribution >= 0.6 is 0 Å². The second kappa shape index (κ2) is 6.87. The lowest BCUT2D eigenvalue weighted by Gasteiger charge is -2.35. The lowest BCUT2D eigenvalue weighted by Crippen LogP contribution is -2.44. The molecule has 3 rings (SSSR count). The van der Waals surface area contributed by atoms with Gasteiger partial charge in [-0.15, -0.1) is 0 Å². The smallest absolute Gasteiger partial charge is 0.120 e. The first-order valence-corrected chi connectivity index (χ1v) is 7.86. The molecule has 0 radical (unpaired) electrons. The highest BCUT2D eigenvalue weighted by molar-refractivity contribution is 5.29. The third-order valence-electron chi connectivity index (χ3n) is 4.38. The molecule has 2 heterocycles. The zero-order valence-corrected chi connectivity index (χ0v) is 12.7. The number of hydrogen-bond donors (Lipinski definition) is 2. The standard InChI is InChI=1S/C17H24N4/c1-2-16(11-18-12-17-19-8-9-20-17)21-10-7-14-5-3-4-6-15(14)13-21/h3-6,8-9,16,18H,2,7,10-13H2,1H3,(H,19,20). The fraction of sp³-hybridized carbons (Fsp3) is 0.471. The normalized spacial score (nSPS) is 16.6. The maximum absolute atomic E-state index is 4.25. The van der Waals surface area contributed by atoms with E-state index in [1.165, 1.54) is 24.0 Å². The quantitative estimate of drug-likeness (QED) is 0.856. The second-order valence-electron chi connectivity index (χ2n) is 5.72. The van der Waals surface area contributed by atoms with E-state index >= 15 is 0 Å². The molecule has 0 spiro atoms. The molecule has 1 unspecified atom stereocenters. The highest BCUT2D eigenvalue weighted by atomic mass is 15.2. The molecule has 21 heavy (non-hydrogen) atoms. The van der Waals surface area contributed by atoms with E-state index in [0.717, 1.165) is 32.0 Å². The zero-order chi connectivity index (χ0) is 14.5. The summed E-state index contributed by atoms with van der Waals surface area (Å²) in [6.45, 7) is 6.35. The van der Waals surface area contributed by atoms with Gasteiger partial charge in [0.1, 0.15) is 5.82 Å². The van der Waals surface area contributed by atoms with Gasteiger partial charge in [0.05, 0.1) is 6.54 Å². The van der Waals surface area contributed by atoms with Crippen molar-refractivity contribution in [1.29, 1.82) is 0 Å². The first-order valence-electron chi connectivity index (χ1n) is 7.86. The molecule has 0 fully saturated rings. The van der Waals surface area contributed by atoms with Crippen LogP contribution in [0.4, 0.5) is 0 Å². The van der Waals surface area contributed by atoms with Gasteiger partial charge in [0, 0.05) is 38.1 Å². The highest BCUT2D eigenvalue weighted by Crippen LogP contribution is 2.21. The number of aromatic amines is 1. The number of H-pyrrole nitrogens is 1. The summed E-state index contributed by atoms with van der Waals surface area (Å²) in [5.41, 5.74) is 3.01. The van der Waals surface area contributed by atoms with Crippen molar-refractivity contribution in [2.75, 3.05) is 13.1 Å². The first-order chi connectivity index (χ1) is 10.4. The van der Waals surface area contributed by atoms with E-state index in [-0.39, 0.29) is 0 Å². The molecule has 0 aliphatic carbocycles. The average molecular weight is 284 g/mol. The number of nitrogens with zero attached hydrogens (tertiary/aromatic N) is 2. The summed E-state index contributed by atoms with van der Waals surface area (Å²) in [6, 6.07) is 9.43. The van der Waals surface area contributed by atoms with Crippen molar-refractivity contribution in [3.63, 3.8) is 0 Å². The van der Waals surface area contributed by atoms with Gasteiger partial charge in [0.15, 0.2) is 0 Å². The number of imidazole rings is 1. The van der Waals surface area contributed by atoms with Crippen LogP contribution in [-0.2, 0) is 19.5 Å². The minimum absolute atomic E-state index is 0.591. The Kier molecular flexibility index (Phi) is 4.68. The lowest BCUT2D eigenvalue weighted by atomic mass is 9.98. The van der Waals surface area contributed by atoms with Crippen molar-refractivity contribution in [2.45, 2.75) is 38.9 Å². The van der Waals surface area contributed by atoms with E-state index in [9.17, 15) is 0 Å². The van der Waals surface area contributed by atoms with Crippen molar-refractivity contribution in [3.8, 4) is 0 Å². The topological polar surface area (TPSA) is 44.0 Å². The summed E-state index contributed by atoms with van der Waals surface area (Å²) >= 11 is 0. The maximum atomic E-state index is 4.25. The molecule has 1 aliphatic heterocycles. The van der Waals surface area contributed by atoms with E-state index in [2.05, 4.69) is 51.4 Å². The summed E-state index contributed by atoms with van der Waals surface area (Å²) in [5.74, 6) is 1.01. The minimum atomic E-state index is 0.591. The lowest BCUT2D eigenvalue weighted by molar-refractivity contribution is 0.169. The molecular weight excluding hydrogens is 260 g/mol. The van der Waals surface area contributed by atoms with E-state index in [4.69, 9.17) is 0 Å². The summed E-state index contributed by atoms with van der Waals surface area (Å²) in [7, 11) is 0. The molecular formula is C17H24N4. The Morgan fingerprint density at radius 1 is 1.33 bits per heavy atom. The molecule has 1 aromatic heterocycles. The van der Waals surface area contributed by atoms with Gasteiger partial charge < -0.3 is 10.3 Å². The van der Waals surface area contributed by atoms with E-state index in [0.29, 0.717) is 6.04 Å². The average Bonchev–Trinajstić information content (AvgIpc) is 3.04. The predicted octanol–water partition coefficient (Wildman–Crippen LogP) is 2.34. The van der Waals surface area contributed by atoms with Crippen LogP contribution in [0.2, 0.25) is 0 Å². The van der Waals surface area contributed by atoms with E-state index in [1.807, 2.05) is 6.20 Å². The van der Waals surface area contributed by atoms with Crippen molar-refractivity contribution >= 4 is 0 Å². The van der Waals surface area contributed by atoms with Gasteiger partial charge >= 0.3 is 0 Å². The fourth-order valence-electron chi connectivity index (χ4n) is 3.11. The SMILES string of the molecule is CCC(CNCc1ncc[nH]1)N1CCc2ccccc2C1. The molecule has 1 atom stereocenters. The Hall–Kier alpha value is -1.65. The molecule has 1 aromatic carbocycles. The van der Waals surface area contributed by atoms with Crippen molar-refractivity contribution in [2.24, 2.45) is 0 Å². The van der Waals surface area contributed by atoms with Gasteiger partial charge in [-0.1, -0.05) is 31.2 Å². The molecule has 0 saturated heterocycles. The molecule has 4 heteroatoms. The molecule has 112 valence electrons. The predicted molar refractivity (Wildman–Crippen MR) is 84.9 cm³/mol. The van der Waals surface area contributed by atoms with Crippen LogP contribution in [-0.4, -0.2) is 34.0 Å². The van der Waals surface area contributed by atoms with Crippen LogP contribution in [0.5, 0.6) is 0 Å². The largest absolute Gasteiger partial charge is 0.348 e. The molecule has 1 aliphatic rings. The summed E-state index contributed by atoms with van der Waals surface area (Å²) < 4.78 is 0. The minimum Gasteiger partial charge on any atom is -0.348 e. The molecule has 2 N–H and O–H groups in total. The number of aromatic nitrogens is 2.